The Morgan fingerprint density at radius 3 is 2.24 bits per heavy atom. The van der Waals surface area contributed by atoms with Crippen molar-refractivity contribution in [2.75, 3.05) is 30.6 Å². The first-order chi connectivity index (χ1) is 23.6. The molecule has 0 saturated carbocycles. The second-order valence-electron chi connectivity index (χ2n) is 11.4. The zero-order valence-corrected chi connectivity index (χ0v) is 29.1. The molecule has 1 N–H and O–H groups in total. The molecular formula is C36H36Cl2FN3O6S. The molecule has 49 heavy (non-hydrogen) atoms. The lowest BCUT2D eigenvalue weighted by molar-refractivity contribution is -0.140. The fourth-order valence-corrected chi connectivity index (χ4v) is 7.31. The number of hydrogen-bond acceptors (Lipinski definition) is 6. The summed E-state index contributed by atoms with van der Waals surface area (Å²) in [6, 6.07) is 21.9. The Kier molecular flexibility index (Phi) is 12.0. The Labute approximate surface area is 295 Å². The van der Waals surface area contributed by atoms with Crippen LogP contribution in [0, 0.1) is 5.82 Å². The third-order valence-corrected chi connectivity index (χ3v) is 10.5. The van der Waals surface area contributed by atoms with Gasteiger partial charge < -0.3 is 19.7 Å². The molecule has 0 spiro atoms. The van der Waals surface area contributed by atoms with Crippen LogP contribution in [-0.2, 0) is 32.6 Å². The number of nitrogens with one attached hydrogen (secondary N) is 1. The summed E-state index contributed by atoms with van der Waals surface area (Å²) in [5, 5.41) is 3.48. The molecule has 0 aliphatic carbocycles. The Hall–Kier alpha value is -4.32. The fraction of sp³-hybridized carbons (Fsp3) is 0.278. The van der Waals surface area contributed by atoms with E-state index in [1.807, 2.05) is 37.3 Å². The molecule has 1 unspecified atom stereocenters. The minimum absolute atomic E-state index is 0.0346. The molecule has 13 heteroatoms. The van der Waals surface area contributed by atoms with Crippen molar-refractivity contribution in [1.82, 2.24) is 10.2 Å². The zero-order chi connectivity index (χ0) is 35.0. The molecule has 1 aliphatic rings. The van der Waals surface area contributed by atoms with Crippen LogP contribution in [0.3, 0.4) is 0 Å². The van der Waals surface area contributed by atoms with Gasteiger partial charge in [-0.1, -0.05) is 72.9 Å². The lowest BCUT2D eigenvalue weighted by Gasteiger charge is -2.34. The first kappa shape index (κ1) is 36.0. The molecule has 5 rings (SSSR count). The van der Waals surface area contributed by atoms with Gasteiger partial charge in [0.25, 0.3) is 10.0 Å². The molecule has 258 valence electrons. The molecule has 4 aromatic carbocycles. The largest absolute Gasteiger partial charge is 0.486 e. The van der Waals surface area contributed by atoms with E-state index in [4.69, 9.17) is 32.7 Å². The lowest BCUT2D eigenvalue weighted by Crippen LogP contribution is -2.53. The number of carbonyl (C=O) groups excluding carboxylic acids is 2. The molecular weight excluding hydrogens is 692 g/mol. The first-order valence-electron chi connectivity index (χ1n) is 15.8. The molecule has 0 radical (unpaired) electrons. The molecule has 1 atom stereocenters. The van der Waals surface area contributed by atoms with E-state index in [2.05, 4.69) is 5.32 Å². The van der Waals surface area contributed by atoms with Gasteiger partial charge in [-0.25, -0.2) is 12.8 Å². The monoisotopic (exact) mass is 727 g/mol. The first-order valence-corrected chi connectivity index (χ1v) is 18.0. The normalized spacial score (nSPS) is 13.0. The van der Waals surface area contributed by atoms with Crippen molar-refractivity contribution in [3.8, 4) is 11.5 Å². The van der Waals surface area contributed by atoms with Gasteiger partial charge in [-0.3, -0.25) is 13.9 Å². The summed E-state index contributed by atoms with van der Waals surface area (Å²) in [4.78, 5) is 29.7. The molecule has 4 aromatic rings. The third-order valence-electron chi connectivity index (χ3n) is 7.99. The second-order valence-corrected chi connectivity index (χ2v) is 14.0. The maximum absolute atomic E-state index is 14.6. The van der Waals surface area contributed by atoms with Crippen molar-refractivity contribution in [2.45, 2.75) is 43.7 Å². The number of amides is 2. The highest BCUT2D eigenvalue weighted by atomic mass is 35.5. The number of anilines is 1. The van der Waals surface area contributed by atoms with Gasteiger partial charge >= 0.3 is 0 Å². The van der Waals surface area contributed by atoms with E-state index in [9.17, 15) is 22.4 Å². The average molecular weight is 729 g/mol. The van der Waals surface area contributed by atoms with Crippen molar-refractivity contribution >= 4 is 50.7 Å². The Bertz CT molecular complexity index is 1860. The second kappa shape index (κ2) is 16.4. The highest BCUT2D eigenvalue weighted by molar-refractivity contribution is 7.92. The standard InChI is InChI=1S/C36H36Cl2FN3O6S/c1-2-3-18-40-36(44)32(21-25-8-5-4-6-9-25)41(23-29-30(37)10-7-11-31(29)38)35(43)24-42(27-14-12-26(39)13-15-27)49(45,46)28-16-17-33-34(22-28)48-20-19-47-33/h4-17,22,32H,2-3,18-21,23-24H2,1H3,(H,40,44). The van der Waals surface area contributed by atoms with Crippen LogP contribution in [0.1, 0.15) is 30.9 Å². The molecule has 0 saturated heterocycles. The smallest absolute Gasteiger partial charge is 0.264 e. The molecule has 1 aliphatic heterocycles. The van der Waals surface area contributed by atoms with E-state index in [0.717, 1.165) is 34.8 Å². The highest BCUT2D eigenvalue weighted by Crippen LogP contribution is 2.35. The van der Waals surface area contributed by atoms with Gasteiger partial charge in [0.05, 0.1) is 10.6 Å². The van der Waals surface area contributed by atoms with Crippen molar-refractivity contribution < 1.29 is 31.9 Å². The SMILES string of the molecule is CCCCNC(=O)C(Cc1ccccc1)N(Cc1c(Cl)cccc1Cl)C(=O)CN(c1ccc(F)cc1)S(=O)(=O)c1ccc2c(c1)OCCO2. The van der Waals surface area contributed by atoms with Gasteiger partial charge in [0.1, 0.15) is 31.6 Å². The van der Waals surface area contributed by atoms with Crippen LogP contribution in [0.2, 0.25) is 10.0 Å². The van der Waals surface area contributed by atoms with Crippen LogP contribution in [0.4, 0.5) is 10.1 Å². The Morgan fingerprint density at radius 2 is 1.57 bits per heavy atom. The molecule has 1 heterocycles. The highest BCUT2D eigenvalue weighted by Gasteiger charge is 2.35. The number of sulfonamides is 1. The number of hydrogen-bond donors (Lipinski definition) is 1. The number of fused-ring (bicyclic) bond motifs is 1. The predicted octanol–water partition coefficient (Wildman–Crippen LogP) is 6.66. The van der Waals surface area contributed by atoms with Gasteiger partial charge in [-0.2, -0.15) is 0 Å². The number of benzene rings is 4. The quantitative estimate of drug-likeness (QED) is 0.146. The maximum Gasteiger partial charge on any atom is 0.264 e. The number of nitrogens with zero attached hydrogens (tertiary/aromatic N) is 2. The summed E-state index contributed by atoms with van der Waals surface area (Å²) in [5.41, 5.74) is 1.20. The van der Waals surface area contributed by atoms with E-state index in [1.54, 1.807) is 18.2 Å². The van der Waals surface area contributed by atoms with Gasteiger partial charge in [-0.15, -0.1) is 0 Å². The summed E-state index contributed by atoms with van der Waals surface area (Å²) >= 11 is 13.1. The van der Waals surface area contributed by atoms with Crippen molar-refractivity contribution in [3.05, 3.63) is 118 Å². The van der Waals surface area contributed by atoms with Crippen LogP contribution in [0.25, 0.3) is 0 Å². The van der Waals surface area contributed by atoms with Gasteiger partial charge in [0.15, 0.2) is 11.5 Å². The van der Waals surface area contributed by atoms with Gasteiger partial charge in [0.2, 0.25) is 11.8 Å². The van der Waals surface area contributed by atoms with E-state index in [0.29, 0.717) is 24.5 Å². The Balaban J connectivity index is 1.59. The summed E-state index contributed by atoms with van der Waals surface area (Å²) in [5.74, 6) is -1.10. The number of carbonyl (C=O) groups is 2. The van der Waals surface area contributed by atoms with Gasteiger partial charge in [-0.05, 0) is 60.5 Å². The zero-order valence-electron chi connectivity index (χ0n) is 26.8. The minimum atomic E-state index is -4.47. The summed E-state index contributed by atoms with van der Waals surface area (Å²) < 4.78 is 54.8. The molecule has 9 nitrogen and oxygen atoms in total. The average Bonchev–Trinajstić information content (AvgIpc) is 3.10. The van der Waals surface area contributed by atoms with Crippen LogP contribution in [0.15, 0.2) is 95.9 Å². The van der Waals surface area contributed by atoms with E-state index < -0.39 is 40.2 Å². The number of unbranched alkanes of at least 4 members (excludes halogenated alkanes) is 1. The van der Waals surface area contributed by atoms with Crippen LogP contribution >= 0.6 is 23.2 Å². The minimum Gasteiger partial charge on any atom is -0.486 e. The predicted molar refractivity (Wildman–Crippen MR) is 187 cm³/mol. The fourth-order valence-electron chi connectivity index (χ4n) is 5.36. The Morgan fingerprint density at radius 1 is 0.898 bits per heavy atom. The van der Waals surface area contributed by atoms with Crippen LogP contribution < -0.4 is 19.1 Å². The summed E-state index contributed by atoms with van der Waals surface area (Å²) in [7, 11) is -4.47. The molecule has 0 aromatic heterocycles. The number of halogens is 3. The van der Waals surface area contributed by atoms with Crippen molar-refractivity contribution in [3.63, 3.8) is 0 Å². The van der Waals surface area contributed by atoms with Crippen LogP contribution in [0.5, 0.6) is 11.5 Å². The molecule has 0 bridgehead atoms. The maximum atomic E-state index is 14.6. The topological polar surface area (TPSA) is 105 Å². The van der Waals surface area contributed by atoms with Crippen LogP contribution in [-0.4, -0.2) is 57.5 Å². The number of ether oxygens (including phenoxy) is 2. The van der Waals surface area contributed by atoms with Crippen molar-refractivity contribution in [2.24, 2.45) is 0 Å². The number of rotatable bonds is 14. The van der Waals surface area contributed by atoms with E-state index >= 15 is 0 Å². The van der Waals surface area contributed by atoms with E-state index in [1.165, 1.54) is 35.2 Å². The molecule has 2 amide bonds. The van der Waals surface area contributed by atoms with Crippen molar-refractivity contribution in [1.29, 1.82) is 0 Å². The summed E-state index contributed by atoms with van der Waals surface area (Å²) in [6.45, 7) is 2.00. The lowest BCUT2D eigenvalue weighted by atomic mass is 10.0. The third kappa shape index (κ3) is 8.83. The van der Waals surface area contributed by atoms with Gasteiger partial charge in [0, 0.05) is 41.2 Å². The van der Waals surface area contributed by atoms with E-state index in [-0.39, 0.29) is 46.0 Å². The summed E-state index contributed by atoms with van der Waals surface area (Å²) in [6.07, 6.45) is 1.68. The molecule has 0 fully saturated rings.